The van der Waals surface area contributed by atoms with Crippen LogP contribution >= 0.6 is 53.4 Å². The van der Waals surface area contributed by atoms with Gasteiger partial charge in [0.05, 0.1) is 57.8 Å². The summed E-state index contributed by atoms with van der Waals surface area (Å²) in [4.78, 5) is 24.2. The van der Waals surface area contributed by atoms with Crippen molar-refractivity contribution in [1.29, 1.82) is 0 Å². The highest BCUT2D eigenvalue weighted by atomic mass is 79.9. The fourth-order valence-electron chi connectivity index (χ4n) is 5.36. The van der Waals surface area contributed by atoms with Crippen LogP contribution in [-0.4, -0.2) is 69.8 Å². The van der Waals surface area contributed by atoms with Crippen molar-refractivity contribution < 1.29 is 9.85 Å². The quantitative estimate of drug-likeness (QED) is 0.0620. The monoisotopic (exact) mass is 912 g/mol. The summed E-state index contributed by atoms with van der Waals surface area (Å²) in [7, 11) is 2.80. The van der Waals surface area contributed by atoms with Gasteiger partial charge in [0.2, 0.25) is 11.6 Å². The normalized spacial score (nSPS) is 11.2. The second kappa shape index (κ2) is 15.9. The van der Waals surface area contributed by atoms with Crippen molar-refractivity contribution in [3.63, 3.8) is 0 Å². The summed E-state index contributed by atoms with van der Waals surface area (Å²) in [5, 5.41) is 59.5. The maximum Gasteiger partial charge on any atom is 0.269 e. The second-order valence-electron chi connectivity index (χ2n) is 11.8. The largest absolute Gasteiger partial charge is 0.269 e. The van der Waals surface area contributed by atoms with Crippen molar-refractivity contribution in [1.82, 2.24) is 60.0 Å². The molecule has 0 N–H and O–H groups in total. The molecule has 0 aliphatic heterocycles. The predicted octanol–water partition coefficient (Wildman–Crippen LogP) is 7.60. The van der Waals surface area contributed by atoms with E-state index in [0.29, 0.717) is 32.8 Å². The number of hydrogen-bond acceptors (Lipinski definition) is 14. The maximum atomic E-state index is 11.1. The Morgan fingerprint density at radius 3 is 1.29 bits per heavy atom. The Labute approximate surface area is 339 Å². The average molecular weight is 915 g/mol. The third-order valence-electron chi connectivity index (χ3n) is 8.12. The predicted molar refractivity (Wildman–Crippen MR) is 212 cm³/mol. The summed E-state index contributed by atoms with van der Waals surface area (Å²) in [6.07, 6.45) is 3.35. The van der Waals surface area contributed by atoms with E-state index in [4.69, 9.17) is 10.2 Å². The first-order valence-electron chi connectivity index (χ1n) is 16.2. The van der Waals surface area contributed by atoms with Gasteiger partial charge in [0.1, 0.15) is 10.1 Å². The molecule has 0 aliphatic rings. The van der Waals surface area contributed by atoms with Crippen molar-refractivity contribution in [2.24, 2.45) is 0 Å². The molecule has 56 heavy (non-hydrogen) atoms. The molecular formula is C34H22Br2N14O4S2. The highest BCUT2D eigenvalue weighted by Crippen LogP contribution is 2.46. The molecule has 0 fully saturated rings. The van der Waals surface area contributed by atoms with Gasteiger partial charge < -0.3 is 0 Å². The van der Waals surface area contributed by atoms with Crippen LogP contribution in [0.1, 0.15) is 11.1 Å². The van der Waals surface area contributed by atoms with Gasteiger partial charge in [0, 0.05) is 33.2 Å². The third-order valence-corrected chi connectivity index (χ3v) is 11.6. The van der Waals surface area contributed by atoms with Crippen LogP contribution in [-0.2, 0) is 13.1 Å². The van der Waals surface area contributed by atoms with E-state index >= 15 is 0 Å². The Balaban J connectivity index is 1.13. The van der Waals surface area contributed by atoms with Crippen molar-refractivity contribution >= 4 is 64.8 Å². The first-order chi connectivity index (χ1) is 27.2. The zero-order valence-corrected chi connectivity index (χ0v) is 33.1. The number of nitro groups is 2. The molecule has 0 spiro atoms. The van der Waals surface area contributed by atoms with Crippen LogP contribution in [0.4, 0.5) is 11.4 Å². The molecule has 22 heteroatoms. The van der Waals surface area contributed by atoms with E-state index in [9.17, 15) is 20.2 Å². The lowest BCUT2D eigenvalue weighted by molar-refractivity contribution is -0.385. The molecule has 0 bridgehead atoms. The molecule has 4 heterocycles. The van der Waals surface area contributed by atoms with E-state index in [-0.39, 0.29) is 24.5 Å². The second-order valence-corrected chi connectivity index (χ2v) is 15.7. The lowest BCUT2D eigenvalue weighted by atomic mass is 10.2. The molecular weight excluding hydrogens is 892 g/mol. The van der Waals surface area contributed by atoms with Gasteiger partial charge in [0.15, 0.2) is 0 Å². The minimum atomic E-state index is -0.449. The van der Waals surface area contributed by atoms with Crippen molar-refractivity contribution in [2.45, 2.75) is 23.1 Å². The van der Waals surface area contributed by atoms with Crippen LogP contribution in [0.25, 0.3) is 34.2 Å². The Hall–Kier alpha value is -6.10. The van der Waals surface area contributed by atoms with Gasteiger partial charge in [-0.3, -0.25) is 20.2 Å². The Morgan fingerprint density at radius 1 is 0.554 bits per heavy atom. The number of hydrogen-bond donors (Lipinski definition) is 0. The highest BCUT2D eigenvalue weighted by molar-refractivity contribution is 9.10. The van der Waals surface area contributed by atoms with Gasteiger partial charge in [-0.05, 0) is 91.7 Å². The van der Waals surface area contributed by atoms with E-state index < -0.39 is 9.85 Å². The summed E-state index contributed by atoms with van der Waals surface area (Å²) >= 11 is 7.02. The van der Waals surface area contributed by atoms with Gasteiger partial charge >= 0.3 is 0 Å². The van der Waals surface area contributed by atoms with Crippen LogP contribution in [0.3, 0.4) is 0 Å². The number of nitrogens with zero attached hydrogens (tertiary/aromatic N) is 14. The molecule has 18 nitrogen and oxygen atoms in total. The van der Waals surface area contributed by atoms with E-state index in [1.807, 2.05) is 48.5 Å². The topological polar surface area (TPSA) is 209 Å². The summed E-state index contributed by atoms with van der Waals surface area (Å²) < 4.78 is 5.39. The molecule has 4 aromatic heterocycles. The maximum absolute atomic E-state index is 11.1. The average Bonchev–Trinajstić information content (AvgIpc) is 4.02. The molecule has 278 valence electrons. The number of non-ortho nitro benzene ring substituents is 2. The third kappa shape index (κ3) is 7.98. The van der Waals surface area contributed by atoms with E-state index in [1.165, 1.54) is 55.4 Å². The van der Waals surface area contributed by atoms with Crippen molar-refractivity contribution in [3.8, 4) is 34.2 Å². The molecule has 8 rings (SSSR count). The summed E-state index contributed by atoms with van der Waals surface area (Å²) in [6, 6.07) is 27.7. The fourth-order valence-corrected chi connectivity index (χ4v) is 8.40. The Kier molecular flexibility index (Phi) is 10.5. The molecule has 0 atom stereocenters. The first-order valence-corrected chi connectivity index (χ1v) is 20.0. The Morgan fingerprint density at radius 2 is 0.929 bits per heavy atom. The summed E-state index contributed by atoms with van der Waals surface area (Å²) in [6.45, 7) is 0.493. The zero-order valence-electron chi connectivity index (χ0n) is 28.3. The first kappa shape index (κ1) is 36.9. The van der Waals surface area contributed by atoms with Crippen LogP contribution in [0, 0.1) is 20.2 Å². The summed E-state index contributed by atoms with van der Waals surface area (Å²) in [5.41, 5.74) is 4.33. The Bertz CT molecular complexity index is 2500. The molecule has 4 aromatic carbocycles. The minimum absolute atomic E-state index is 0.00668. The molecule has 8 aromatic rings. The lowest BCUT2D eigenvalue weighted by Crippen LogP contribution is -2.04. The minimum Gasteiger partial charge on any atom is -0.258 e. The van der Waals surface area contributed by atoms with Crippen molar-refractivity contribution in [3.05, 3.63) is 150 Å². The van der Waals surface area contributed by atoms with E-state index in [1.54, 1.807) is 46.0 Å². The number of halogens is 2. The van der Waals surface area contributed by atoms with Crippen LogP contribution in [0.5, 0.6) is 0 Å². The number of rotatable bonds is 13. The molecule has 0 saturated heterocycles. The van der Waals surface area contributed by atoms with E-state index in [2.05, 4.69) is 62.7 Å². The van der Waals surface area contributed by atoms with Gasteiger partial charge in [-0.25, -0.2) is 9.36 Å². The number of benzene rings is 4. The number of nitro benzene ring substituents is 2. The molecule has 0 unspecified atom stereocenters. The van der Waals surface area contributed by atoms with E-state index in [0.717, 1.165) is 31.4 Å². The van der Waals surface area contributed by atoms with Gasteiger partial charge in [0.25, 0.3) is 11.4 Å². The SMILES string of the molecule is O=[N+]([O-])c1ccc(Cn2nnc(-c3cnn(-c4ccc(Br)cc4)c3SSc3c(-c4nnn(Cc5ccc([N+](=O)[O-])cc5)n4)cnn3-c3ccc(Br)cc3)n2)cc1. The number of tetrazole rings is 2. The van der Waals surface area contributed by atoms with Crippen molar-refractivity contribution in [2.75, 3.05) is 0 Å². The van der Waals surface area contributed by atoms with Gasteiger partial charge in [-0.15, -0.1) is 20.4 Å². The lowest BCUT2D eigenvalue weighted by Gasteiger charge is -2.11. The van der Waals surface area contributed by atoms with Gasteiger partial charge in [-0.2, -0.15) is 19.8 Å². The van der Waals surface area contributed by atoms with Gasteiger partial charge in [-0.1, -0.05) is 56.1 Å². The van der Waals surface area contributed by atoms with Crippen LogP contribution in [0.15, 0.2) is 128 Å². The molecule has 0 aliphatic carbocycles. The van der Waals surface area contributed by atoms with Crippen LogP contribution in [0.2, 0.25) is 0 Å². The zero-order chi connectivity index (χ0) is 38.8. The fraction of sp³-hybridized carbons (Fsp3) is 0.0588. The summed E-state index contributed by atoms with van der Waals surface area (Å²) in [5.74, 6) is 0.659. The smallest absolute Gasteiger partial charge is 0.258 e. The van der Waals surface area contributed by atoms with Crippen LogP contribution < -0.4 is 0 Å². The molecule has 0 saturated carbocycles. The molecule has 0 radical (unpaired) electrons. The number of aromatic nitrogens is 12. The highest BCUT2D eigenvalue weighted by Gasteiger charge is 2.24. The standard InChI is InChI=1S/C34H22Br2N14O4S2/c35-23-5-13-25(14-6-23)47-33(29(17-37-47)31-39-43-45(41-31)19-21-1-9-27(10-2-21)49(51)52)55-56-34-30(18-38-48(34)26-15-7-24(36)8-16-26)32-40-44-46(42-32)20-22-3-11-28(12-4-22)50(53)54/h1-18H,19-20H2. The molecule has 0 amide bonds.